The molecule has 186 valence electrons. The molecule has 0 aliphatic heterocycles. The van der Waals surface area contributed by atoms with E-state index >= 15 is 0 Å². The second-order valence-electron chi connectivity index (χ2n) is 8.15. The van der Waals surface area contributed by atoms with Gasteiger partial charge in [-0.1, -0.05) is 71.7 Å². The average Bonchev–Trinajstić information content (AvgIpc) is 2.86. The highest BCUT2D eigenvalue weighted by Crippen LogP contribution is 2.34. The number of nitrogens with zero attached hydrogens (tertiary/aromatic N) is 1. The van der Waals surface area contributed by atoms with Crippen molar-refractivity contribution >= 4 is 55.6 Å². The second kappa shape index (κ2) is 11.2. The Morgan fingerprint density at radius 1 is 0.917 bits per heavy atom. The van der Waals surface area contributed by atoms with Crippen molar-refractivity contribution in [3.05, 3.63) is 106 Å². The van der Waals surface area contributed by atoms with Crippen molar-refractivity contribution < 1.29 is 17.9 Å². The third-order valence-electron chi connectivity index (χ3n) is 5.52. The van der Waals surface area contributed by atoms with Crippen LogP contribution in [0.3, 0.4) is 0 Å². The van der Waals surface area contributed by atoms with Gasteiger partial charge in [0.2, 0.25) is 10.0 Å². The van der Waals surface area contributed by atoms with Gasteiger partial charge in [0.25, 0.3) is 5.91 Å². The molecule has 0 bridgehead atoms. The summed E-state index contributed by atoms with van der Waals surface area (Å²) in [6.07, 6.45) is 1.10. The van der Waals surface area contributed by atoms with Crippen molar-refractivity contribution in [1.29, 1.82) is 0 Å². The molecular weight excluding hydrogens is 519 g/mol. The summed E-state index contributed by atoms with van der Waals surface area (Å²) >= 11 is 12.3. The van der Waals surface area contributed by atoms with E-state index < -0.39 is 10.0 Å². The minimum absolute atomic E-state index is 0.0421. The van der Waals surface area contributed by atoms with E-state index in [0.29, 0.717) is 30.0 Å². The maximum Gasteiger partial charge on any atom is 0.251 e. The van der Waals surface area contributed by atoms with E-state index in [4.69, 9.17) is 27.9 Å². The topological polar surface area (TPSA) is 75.7 Å². The minimum Gasteiger partial charge on any atom is -0.492 e. The largest absolute Gasteiger partial charge is 0.492 e. The zero-order chi connectivity index (χ0) is 25.7. The van der Waals surface area contributed by atoms with Crippen LogP contribution in [-0.4, -0.2) is 33.7 Å². The van der Waals surface area contributed by atoms with Crippen molar-refractivity contribution in [2.75, 3.05) is 23.7 Å². The predicted octanol–water partition coefficient (Wildman–Crippen LogP) is 5.92. The predicted molar refractivity (Wildman–Crippen MR) is 146 cm³/mol. The van der Waals surface area contributed by atoms with Crippen molar-refractivity contribution in [1.82, 2.24) is 5.32 Å². The molecular formula is C27H24Cl2N2O4S. The van der Waals surface area contributed by atoms with Crippen LogP contribution in [-0.2, 0) is 16.6 Å². The van der Waals surface area contributed by atoms with Gasteiger partial charge in [-0.2, -0.15) is 0 Å². The van der Waals surface area contributed by atoms with Crippen LogP contribution < -0.4 is 14.4 Å². The van der Waals surface area contributed by atoms with Crippen LogP contribution in [0, 0.1) is 0 Å². The normalized spacial score (nSPS) is 11.3. The molecule has 0 saturated carbocycles. The molecule has 0 unspecified atom stereocenters. The maximum absolute atomic E-state index is 12.5. The number of anilines is 1. The lowest BCUT2D eigenvalue weighted by Crippen LogP contribution is -2.30. The van der Waals surface area contributed by atoms with E-state index in [0.717, 1.165) is 22.8 Å². The number of benzene rings is 4. The third kappa shape index (κ3) is 6.29. The van der Waals surface area contributed by atoms with E-state index in [9.17, 15) is 13.2 Å². The molecule has 0 saturated heterocycles. The van der Waals surface area contributed by atoms with Crippen molar-refractivity contribution in [3.8, 4) is 5.75 Å². The van der Waals surface area contributed by atoms with Crippen molar-refractivity contribution in [3.63, 3.8) is 0 Å². The quantitative estimate of drug-likeness (QED) is 0.266. The number of sulfonamides is 1. The van der Waals surface area contributed by atoms with Crippen LogP contribution in [0.4, 0.5) is 5.69 Å². The fourth-order valence-electron chi connectivity index (χ4n) is 3.69. The molecule has 0 spiro atoms. The molecule has 0 heterocycles. The fraction of sp³-hybridized carbons (Fsp3) is 0.148. The highest BCUT2D eigenvalue weighted by molar-refractivity contribution is 7.92. The highest BCUT2D eigenvalue weighted by Gasteiger charge is 2.21. The van der Waals surface area contributed by atoms with Crippen LogP contribution in [0.25, 0.3) is 10.8 Å². The molecule has 36 heavy (non-hydrogen) atoms. The third-order valence-corrected chi connectivity index (χ3v) is 7.46. The van der Waals surface area contributed by atoms with Gasteiger partial charge in [0.15, 0.2) is 0 Å². The molecule has 1 N–H and O–H groups in total. The summed E-state index contributed by atoms with van der Waals surface area (Å²) in [5.41, 5.74) is 1.43. The number of ether oxygens (including phenoxy) is 1. The number of halogens is 2. The van der Waals surface area contributed by atoms with Crippen LogP contribution in [0.5, 0.6) is 5.75 Å². The summed E-state index contributed by atoms with van der Waals surface area (Å²) in [6, 6.07) is 25.4. The Hall–Kier alpha value is -3.26. The number of carbonyl (C=O) groups excluding carboxylic acids is 1. The van der Waals surface area contributed by atoms with E-state index in [-0.39, 0.29) is 22.5 Å². The summed E-state index contributed by atoms with van der Waals surface area (Å²) in [4.78, 5) is 12.5. The van der Waals surface area contributed by atoms with E-state index in [1.165, 1.54) is 4.31 Å². The van der Waals surface area contributed by atoms with Crippen molar-refractivity contribution in [2.24, 2.45) is 0 Å². The van der Waals surface area contributed by atoms with E-state index in [1.807, 2.05) is 42.5 Å². The fourth-order valence-corrected chi connectivity index (χ4v) is 5.03. The number of amides is 1. The second-order valence-corrected chi connectivity index (χ2v) is 10.8. The first-order valence-corrected chi connectivity index (χ1v) is 13.7. The smallest absolute Gasteiger partial charge is 0.251 e. The van der Waals surface area contributed by atoms with Crippen LogP contribution >= 0.6 is 23.2 Å². The van der Waals surface area contributed by atoms with E-state index in [2.05, 4.69) is 5.32 Å². The van der Waals surface area contributed by atoms with Gasteiger partial charge < -0.3 is 10.1 Å². The standard InChI is InChI=1S/C27H24Cl2N2O4S/c1-36(33,34)31(25-8-4-7-24(28)26(25)29)18-19-9-11-21(12-10-19)27(32)30-15-16-35-23-14-13-20-5-2-3-6-22(20)17-23/h2-14,17H,15-16,18H2,1H3,(H,30,32). The number of rotatable bonds is 9. The molecule has 0 aliphatic rings. The Morgan fingerprint density at radius 3 is 2.36 bits per heavy atom. The zero-order valence-corrected chi connectivity index (χ0v) is 21.8. The van der Waals surface area contributed by atoms with Gasteiger partial charge in [0.05, 0.1) is 35.1 Å². The summed E-state index contributed by atoms with van der Waals surface area (Å²) in [5.74, 6) is 0.490. The number of hydrogen-bond acceptors (Lipinski definition) is 4. The maximum atomic E-state index is 12.5. The molecule has 0 atom stereocenters. The van der Waals surface area contributed by atoms with Crippen LogP contribution in [0.2, 0.25) is 10.0 Å². The van der Waals surface area contributed by atoms with Gasteiger partial charge in [-0.15, -0.1) is 0 Å². The minimum atomic E-state index is -3.63. The lowest BCUT2D eigenvalue weighted by molar-refractivity contribution is 0.0947. The zero-order valence-electron chi connectivity index (χ0n) is 19.4. The molecule has 6 nitrogen and oxygen atoms in total. The molecule has 0 radical (unpaired) electrons. The Kier molecular flexibility index (Phi) is 8.04. The first-order chi connectivity index (χ1) is 17.2. The van der Waals surface area contributed by atoms with Gasteiger partial charge in [-0.3, -0.25) is 9.10 Å². The number of nitrogens with one attached hydrogen (secondary N) is 1. The van der Waals surface area contributed by atoms with E-state index in [1.54, 1.807) is 42.5 Å². The van der Waals surface area contributed by atoms with Gasteiger partial charge in [-0.05, 0) is 52.7 Å². The summed E-state index contributed by atoms with van der Waals surface area (Å²) in [5, 5.41) is 5.48. The van der Waals surface area contributed by atoms with Crippen LogP contribution in [0.15, 0.2) is 84.9 Å². The number of carbonyl (C=O) groups is 1. The summed E-state index contributed by atoms with van der Waals surface area (Å²) < 4.78 is 31.8. The molecule has 0 fully saturated rings. The lowest BCUT2D eigenvalue weighted by atomic mass is 10.1. The molecule has 9 heteroatoms. The van der Waals surface area contributed by atoms with Crippen molar-refractivity contribution in [2.45, 2.75) is 6.54 Å². The summed E-state index contributed by atoms with van der Waals surface area (Å²) in [7, 11) is -3.63. The highest BCUT2D eigenvalue weighted by atomic mass is 35.5. The lowest BCUT2D eigenvalue weighted by Gasteiger charge is -2.24. The van der Waals surface area contributed by atoms with Gasteiger partial charge in [-0.25, -0.2) is 8.42 Å². The first-order valence-electron chi connectivity index (χ1n) is 11.1. The van der Waals surface area contributed by atoms with Crippen LogP contribution in [0.1, 0.15) is 15.9 Å². The Balaban J connectivity index is 1.34. The first kappa shape index (κ1) is 25.8. The van der Waals surface area contributed by atoms with Gasteiger partial charge in [0.1, 0.15) is 12.4 Å². The Labute approximate surface area is 220 Å². The molecule has 4 aromatic rings. The SMILES string of the molecule is CS(=O)(=O)N(Cc1ccc(C(=O)NCCOc2ccc3ccccc3c2)cc1)c1cccc(Cl)c1Cl. The Bertz CT molecular complexity index is 1490. The number of fused-ring (bicyclic) bond motifs is 1. The van der Waals surface area contributed by atoms with Gasteiger partial charge in [0, 0.05) is 5.56 Å². The molecule has 0 aliphatic carbocycles. The Morgan fingerprint density at radius 2 is 1.64 bits per heavy atom. The molecule has 1 amide bonds. The van der Waals surface area contributed by atoms with Gasteiger partial charge >= 0.3 is 0 Å². The monoisotopic (exact) mass is 542 g/mol. The molecule has 4 rings (SSSR count). The number of hydrogen-bond donors (Lipinski definition) is 1. The molecule has 4 aromatic carbocycles. The molecule has 0 aromatic heterocycles. The average molecular weight is 543 g/mol. The summed E-state index contributed by atoms with van der Waals surface area (Å²) in [6.45, 7) is 0.703.